The Morgan fingerprint density at radius 1 is 1.04 bits per heavy atom. The third kappa shape index (κ3) is 2.25. The van der Waals surface area contributed by atoms with Crippen LogP contribution in [0.2, 0.25) is 5.02 Å². The van der Waals surface area contributed by atoms with Gasteiger partial charge in [0.05, 0.1) is 23.9 Å². The van der Waals surface area contributed by atoms with Crippen LogP contribution in [0.15, 0.2) is 66.7 Å². The molecule has 0 aromatic heterocycles. The summed E-state index contributed by atoms with van der Waals surface area (Å²) in [6.45, 7) is 0. The van der Waals surface area contributed by atoms with E-state index in [-0.39, 0.29) is 6.04 Å². The van der Waals surface area contributed by atoms with Crippen LogP contribution in [-0.2, 0) is 0 Å². The fourth-order valence-corrected chi connectivity index (χ4v) is 4.88. The summed E-state index contributed by atoms with van der Waals surface area (Å²) in [5, 5.41) is 7.03. The highest BCUT2D eigenvalue weighted by atomic mass is 35.5. The summed E-state index contributed by atoms with van der Waals surface area (Å²) < 4.78 is 5.78. The van der Waals surface area contributed by atoms with Gasteiger partial charge in [0.1, 0.15) is 5.75 Å². The first-order valence-electron chi connectivity index (χ1n) is 9.05. The molecule has 2 aliphatic rings. The van der Waals surface area contributed by atoms with Crippen molar-refractivity contribution in [3.63, 3.8) is 0 Å². The van der Waals surface area contributed by atoms with E-state index >= 15 is 0 Å². The Morgan fingerprint density at radius 3 is 2.81 bits per heavy atom. The predicted octanol–water partition coefficient (Wildman–Crippen LogP) is 6.33. The molecule has 1 N–H and O–H groups in total. The normalized spacial score (nSPS) is 23.4. The van der Waals surface area contributed by atoms with Crippen molar-refractivity contribution < 1.29 is 4.74 Å². The summed E-state index contributed by atoms with van der Waals surface area (Å²) in [4.78, 5) is 0. The van der Waals surface area contributed by atoms with E-state index in [0.29, 0.717) is 11.8 Å². The van der Waals surface area contributed by atoms with Crippen LogP contribution in [0.1, 0.15) is 29.5 Å². The minimum atomic E-state index is 0.156. The molecule has 3 atom stereocenters. The van der Waals surface area contributed by atoms with Gasteiger partial charge in [-0.05, 0) is 40.8 Å². The van der Waals surface area contributed by atoms with E-state index in [1.807, 2.05) is 12.1 Å². The number of anilines is 1. The van der Waals surface area contributed by atoms with Gasteiger partial charge in [-0.25, -0.2) is 0 Å². The lowest BCUT2D eigenvalue weighted by Crippen LogP contribution is -2.29. The van der Waals surface area contributed by atoms with Crippen molar-refractivity contribution in [2.45, 2.75) is 18.4 Å². The first kappa shape index (κ1) is 15.8. The Kier molecular flexibility index (Phi) is 3.68. The third-order valence-corrected chi connectivity index (χ3v) is 6.12. The van der Waals surface area contributed by atoms with E-state index in [4.69, 9.17) is 16.3 Å². The molecule has 0 radical (unpaired) electrons. The maximum Gasteiger partial charge on any atom is 0.124 e. The average Bonchev–Trinajstić information content (AvgIpc) is 3.17. The lowest BCUT2D eigenvalue weighted by molar-refractivity contribution is 0.383. The summed E-state index contributed by atoms with van der Waals surface area (Å²) in [6.07, 6.45) is 5.70. The number of hydrogen-bond donors (Lipinski definition) is 1. The van der Waals surface area contributed by atoms with E-state index in [0.717, 1.165) is 22.9 Å². The van der Waals surface area contributed by atoms with Gasteiger partial charge in [-0.15, -0.1) is 0 Å². The molecule has 2 nitrogen and oxygen atoms in total. The van der Waals surface area contributed by atoms with E-state index in [9.17, 15) is 0 Å². The van der Waals surface area contributed by atoms with E-state index in [2.05, 4.69) is 59.9 Å². The molecule has 1 aliphatic carbocycles. The molecule has 3 aromatic carbocycles. The van der Waals surface area contributed by atoms with Crippen molar-refractivity contribution in [3.8, 4) is 5.75 Å². The van der Waals surface area contributed by atoms with Crippen molar-refractivity contribution >= 4 is 28.1 Å². The van der Waals surface area contributed by atoms with Gasteiger partial charge in [0.15, 0.2) is 0 Å². The average molecular weight is 362 g/mol. The first-order chi connectivity index (χ1) is 12.8. The van der Waals surface area contributed by atoms with Crippen LogP contribution in [0.4, 0.5) is 5.69 Å². The molecule has 3 unspecified atom stereocenters. The molecular formula is C23H20ClNO. The summed E-state index contributed by atoms with van der Waals surface area (Å²) in [5.74, 6) is 1.78. The molecule has 3 aromatic rings. The van der Waals surface area contributed by atoms with Gasteiger partial charge >= 0.3 is 0 Å². The van der Waals surface area contributed by atoms with Crippen molar-refractivity contribution in [2.24, 2.45) is 5.92 Å². The van der Waals surface area contributed by atoms with Crippen LogP contribution >= 0.6 is 11.6 Å². The standard InChI is InChI=1S/C23H20ClNO/c1-26-20-13-12-14-6-2-3-7-15(14)21(20)23-18-9-4-8-16(18)17-10-5-11-19(24)22(17)25-23/h2-8,10-13,16,18,23,25H,9H2,1H3. The molecule has 0 saturated heterocycles. The van der Waals surface area contributed by atoms with Gasteiger partial charge in [-0.1, -0.05) is 66.2 Å². The minimum absolute atomic E-state index is 0.156. The Balaban J connectivity index is 1.74. The fourth-order valence-electron chi connectivity index (χ4n) is 4.64. The third-order valence-electron chi connectivity index (χ3n) is 5.81. The number of benzene rings is 3. The van der Waals surface area contributed by atoms with Gasteiger partial charge in [-0.3, -0.25) is 0 Å². The largest absolute Gasteiger partial charge is 0.496 e. The molecule has 3 heteroatoms. The van der Waals surface area contributed by atoms with E-state index in [1.165, 1.54) is 21.9 Å². The predicted molar refractivity (Wildman–Crippen MR) is 108 cm³/mol. The number of methoxy groups -OCH3 is 1. The first-order valence-corrected chi connectivity index (χ1v) is 9.43. The number of ether oxygens (including phenoxy) is 1. The molecule has 0 bridgehead atoms. The molecule has 0 amide bonds. The highest BCUT2D eigenvalue weighted by molar-refractivity contribution is 6.33. The Bertz CT molecular complexity index is 1030. The Labute approximate surface area is 158 Å². The number of nitrogens with one attached hydrogen (secondary N) is 1. The van der Waals surface area contributed by atoms with Gasteiger partial charge in [0.25, 0.3) is 0 Å². The summed E-state index contributed by atoms with van der Waals surface area (Å²) in [5.41, 5.74) is 3.59. The quantitative estimate of drug-likeness (QED) is 0.538. The smallest absolute Gasteiger partial charge is 0.124 e. The SMILES string of the molecule is COc1ccc2ccccc2c1C1Nc2c(Cl)cccc2C2C=CCC21. The van der Waals surface area contributed by atoms with Crippen LogP contribution < -0.4 is 10.1 Å². The van der Waals surface area contributed by atoms with Crippen molar-refractivity contribution in [2.75, 3.05) is 12.4 Å². The zero-order chi connectivity index (χ0) is 17.7. The van der Waals surface area contributed by atoms with Gasteiger partial charge in [0, 0.05) is 11.5 Å². The van der Waals surface area contributed by atoms with E-state index < -0.39 is 0 Å². The van der Waals surface area contributed by atoms with Crippen LogP contribution in [-0.4, -0.2) is 7.11 Å². The molecule has 130 valence electrons. The molecule has 0 spiro atoms. The summed E-state index contributed by atoms with van der Waals surface area (Å²) >= 11 is 6.56. The zero-order valence-corrected chi connectivity index (χ0v) is 15.3. The molecule has 0 saturated carbocycles. The fraction of sp³-hybridized carbons (Fsp3) is 0.217. The molecule has 26 heavy (non-hydrogen) atoms. The van der Waals surface area contributed by atoms with Gasteiger partial charge < -0.3 is 10.1 Å². The lowest BCUT2D eigenvalue weighted by Gasteiger charge is -2.38. The second-order valence-corrected chi connectivity index (χ2v) is 7.49. The second-order valence-electron chi connectivity index (χ2n) is 7.08. The molecule has 0 fully saturated rings. The Morgan fingerprint density at radius 2 is 1.92 bits per heavy atom. The summed E-state index contributed by atoms with van der Waals surface area (Å²) in [7, 11) is 1.75. The number of fused-ring (bicyclic) bond motifs is 4. The lowest BCUT2D eigenvalue weighted by atomic mass is 9.76. The number of halogens is 1. The molecule has 1 aliphatic heterocycles. The maximum absolute atomic E-state index is 6.56. The highest BCUT2D eigenvalue weighted by Gasteiger charge is 2.40. The van der Waals surface area contributed by atoms with E-state index in [1.54, 1.807) is 7.11 Å². The molecule has 5 rings (SSSR count). The topological polar surface area (TPSA) is 21.3 Å². The van der Waals surface area contributed by atoms with Crippen LogP contribution in [0, 0.1) is 5.92 Å². The highest BCUT2D eigenvalue weighted by Crippen LogP contribution is 2.53. The Hall–Kier alpha value is -2.45. The minimum Gasteiger partial charge on any atom is -0.496 e. The number of hydrogen-bond acceptors (Lipinski definition) is 2. The van der Waals surface area contributed by atoms with Crippen molar-refractivity contribution in [1.29, 1.82) is 0 Å². The van der Waals surface area contributed by atoms with Crippen LogP contribution in [0.5, 0.6) is 5.75 Å². The van der Waals surface area contributed by atoms with Gasteiger partial charge in [0.2, 0.25) is 0 Å². The maximum atomic E-state index is 6.56. The number of para-hydroxylation sites is 1. The summed E-state index contributed by atoms with van der Waals surface area (Å²) in [6, 6.07) is 19.1. The molecule has 1 heterocycles. The zero-order valence-electron chi connectivity index (χ0n) is 14.6. The number of rotatable bonds is 2. The van der Waals surface area contributed by atoms with Crippen molar-refractivity contribution in [3.05, 3.63) is 82.9 Å². The second kappa shape index (κ2) is 6.07. The number of allylic oxidation sites excluding steroid dienone is 2. The monoisotopic (exact) mass is 361 g/mol. The van der Waals surface area contributed by atoms with Crippen LogP contribution in [0.25, 0.3) is 10.8 Å². The van der Waals surface area contributed by atoms with Gasteiger partial charge in [-0.2, -0.15) is 0 Å². The van der Waals surface area contributed by atoms with Crippen LogP contribution in [0.3, 0.4) is 0 Å². The van der Waals surface area contributed by atoms with Crippen molar-refractivity contribution in [1.82, 2.24) is 0 Å². The molecular weight excluding hydrogens is 342 g/mol.